The standard InChI is InChI=1S/C39H66O8/c1-4-5-18-25-34(41)26-20-15-12-13-16-21-27-36(42)37(43)28-23-30-39(45)47-35(31-40)32-46-38(44)29-22-17-11-9-7-6-8-10-14-19-24-33(2)3/h5,12-13,15-16,18,20-21,26-27,33-37,40-43H,4,6-11,14,17,19,22-25,28-32H2,1-3H3/b15-12+,16-13-,18-5-,26-20+,27-21-/t34-,35-,36+,37+/m0/s1. The Balaban J connectivity index is 3.98. The van der Waals surface area contributed by atoms with Crippen molar-refractivity contribution < 1.29 is 39.5 Å². The molecule has 0 amide bonds. The fraction of sp³-hybridized carbons (Fsp3) is 0.692. The zero-order valence-electron chi connectivity index (χ0n) is 29.5. The number of aliphatic hydroxyl groups excluding tert-OH is 4. The molecule has 0 aromatic rings. The molecule has 0 unspecified atom stereocenters. The summed E-state index contributed by atoms with van der Waals surface area (Å²) in [7, 11) is 0. The monoisotopic (exact) mass is 662 g/mol. The van der Waals surface area contributed by atoms with Crippen LogP contribution >= 0.6 is 0 Å². The van der Waals surface area contributed by atoms with E-state index in [2.05, 4.69) is 13.8 Å². The van der Waals surface area contributed by atoms with E-state index in [-0.39, 0.29) is 31.8 Å². The van der Waals surface area contributed by atoms with Crippen LogP contribution in [0.4, 0.5) is 0 Å². The van der Waals surface area contributed by atoms with Gasteiger partial charge in [-0.05, 0) is 38.0 Å². The minimum absolute atomic E-state index is 0.00210. The highest BCUT2D eigenvalue weighted by Crippen LogP contribution is 2.14. The molecule has 0 bridgehead atoms. The number of carbonyl (C=O) groups excluding carboxylic acids is 2. The Hall–Kier alpha value is -2.52. The van der Waals surface area contributed by atoms with Gasteiger partial charge in [-0.1, -0.05) is 146 Å². The average molecular weight is 663 g/mol. The number of esters is 2. The van der Waals surface area contributed by atoms with E-state index >= 15 is 0 Å². The van der Waals surface area contributed by atoms with Crippen molar-refractivity contribution in [3.63, 3.8) is 0 Å². The van der Waals surface area contributed by atoms with Gasteiger partial charge in [0, 0.05) is 12.8 Å². The first-order valence-electron chi connectivity index (χ1n) is 18.0. The molecule has 0 aliphatic carbocycles. The molecule has 8 heteroatoms. The topological polar surface area (TPSA) is 134 Å². The van der Waals surface area contributed by atoms with Gasteiger partial charge in [0.25, 0.3) is 0 Å². The van der Waals surface area contributed by atoms with Crippen LogP contribution in [0, 0.1) is 5.92 Å². The van der Waals surface area contributed by atoms with Crippen molar-refractivity contribution in [3.8, 4) is 0 Å². The minimum atomic E-state index is -1.09. The Labute approximate surface area is 285 Å². The Bertz CT molecular complexity index is 905. The molecule has 0 heterocycles. The first kappa shape index (κ1) is 44.5. The maximum absolute atomic E-state index is 12.2. The highest BCUT2D eigenvalue weighted by atomic mass is 16.6. The van der Waals surface area contributed by atoms with Crippen LogP contribution in [-0.4, -0.2) is 70.0 Å². The van der Waals surface area contributed by atoms with Gasteiger partial charge in [-0.25, -0.2) is 0 Å². The summed E-state index contributed by atoms with van der Waals surface area (Å²) in [4.78, 5) is 24.2. The quantitative estimate of drug-likeness (QED) is 0.0267. The van der Waals surface area contributed by atoms with Crippen molar-refractivity contribution in [2.45, 2.75) is 154 Å². The Morgan fingerprint density at radius 1 is 0.660 bits per heavy atom. The van der Waals surface area contributed by atoms with E-state index in [0.29, 0.717) is 12.8 Å². The van der Waals surface area contributed by atoms with Gasteiger partial charge in [-0.2, -0.15) is 0 Å². The van der Waals surface area contributed by atoms with Gasteiger partial charge in [0.05, 0.1) is 24.9 Å². The number of hydrogen-bond acceptors (Lipinski definition) is 8. The predicted octanol–water partition coefficient (Wildman–Crippen LogP) is 7.61. The highest BCUT2D eigenvalue weighted by Gasteiger charge is 2.18. The summed E-state index contributed by atoms with van der Waals surface area (Å²) >= 11 is 0. The minimum Gasteiger partial charge on any atom is -0.462 e. The zero-order valence-corrected chi connectivity index (χ0v) is 29.5. The van der Waals surface area contributed by atoms with Gasteiger partial charge in [0.2, 0.25) is 0 Å². The fourth-order valence-electron chi connectivity index (χ4n) is 4.73. The molecule has 0 spiro atoms. The van der Waals surface area contributed by atoms with Gasteiger partial charge in [0.1, 0.15) is 6.61 Å². The molecule has 0 rings (SSSR count). The van der Waals surface area contributed by atoms with Gasteiger partial charge in [0.15, 0.2) is 6.10 Å². The lowest BCUT2D eigenvalue weighted by molar-refractivity contribution is -0.161. The molecule has 0 aromatic heterocycles. The SMILES string of the molecule is CC/C=C\C[C@H](O)/C=C/C=C/C=C\C=C/[C@@H](O)[C@H](O)CCCC(=O)O[C@@H](CO)COC(=O)CCCCCCCCCCCCC(C)C. The van der Waals surface area contributed by atoms with Gasteiger partial charge in [-0.3, -0.25) is 9.59 Å². The number of aliphatic hydroxyl groups is 4. The summed E-state index contributed by atoms with van der Waals surface area (Å²) in [6.45, 7) is 5.95. The molecule has 47 heavy (non-hydrogen) atoms. The molecule has 0 aliphatic rings. The molecule has 0 aliphatic heterocycles. The summed E-state index contributed by atoms with van der Waals surface area (Å²) < 4.78 is 10.4. The Kier molecular flexibility index (Phi) is 30.3. The number of carbonyl (C=O) groups is 2. The first-order chi connectivity index (χ1) is 22.7. The third-order valence-electron chi connectivity index (χ3n) is 7.60. The van der Waals surface area contributed by atoms with Crippen LogP contribution in [0.25, 0.3) is 0 Å². The van der Waals surface area contributed by atoms with Crippen LogP contribution in [0.5, 0.6) is 0 Å². The molecule has 0 fully saturated rings. The second kappa shape index (κ2) is 32.0. The fourth-order valence-corrected chi connectivity index (χ4v) is 4.73. The summed E-state index contributed by atoms with van der Waals surface area (Å²) in [6, 6.07) is 0. The van der Waals surface area contributed by atoms with Crippen LogP contribution in [-0.2, 0) is 19.1 Å². The van der Waals surface area contributed by atoms with E-state index in [4.69, 9.17) is 9.47 Å². The van der Waals surface area contributed by atoms with Gasteiger partial charge < -0.3 is 29.9 Å². The third-order valence-corrected chi connectivity index (χ3v) is 7.60. The van der Waals surface area contributed by atoms with E-state index in [1.165, 1.54) is 57.4 Å². The molecule has 0 aromatic carbocycles. The van der Waals surface area contributed by atoms with Crippen molar-refractivity contribution in [2.24, 2.45) is 5.92 Å². The van der Waals surface area contributed by atoms with Gasteiger partial charge in [-0.15, -0.1) is 0 Å². The highest BCUT2D eigenvalue weighted by molar-refractivity contribution is 5.70. The summed E-state index contributed by atoms with van der Waals surface area (Å²) in [5, 5.41) is 39.6. The van der Waals surface area contributed by atoms with Crippen molar-refractivity contribution in [1.82, 2.24) is 0 Å². The predicted molar refractivity (Wildman–Crippen MR) is 191 cm³/mol. The molecule has 4 N–H and O–H groups in total. The van der Waals surface area contributed by atoms with E-state index in [1.54, 1.807) is 42.5 Å². The molecule has 270 valence electrons. The summed E-state index contributed by atoms with van der Waals surface area (Å²) in [6.07, 6.45) is 29.5. The van der Waals surface area contributed by atoms with Crippen LogP contribution in [0.1, 0.15) is 130 Å². The van der Waals surface area contributed by atoms with Crippen LogP contribution < -0.4 is 0 Å². The number of allylic oxidation sites excluding steroid dienone is 7. The number of ether oxygens (including phenoxy) is 2. The van der Waals surface area contributed by atoms with E-state index in [9.17, 15) is 30.0 Å². The van der Waals surface area contributed by atoms with Crippen molar-refractivity contribution in [2.75, 3.05) is 13.2 Å². The normalized spacial score (nSPS) is 15.1. The van der Waals surface area contributed by atoms with Crippen molar-refractivity contribution >= 4 is 11.9 Å². The number of unbranched alkanes of at least 4 members (excludes halogenated alkanes) is 9. The smallest absolute Gasteiger partial charge is 0.306 e. The molecular formula is C39H66O8. The van der Waals surface area contributed by atoms with Crippen molar-refractivity contribution in [3.05, 3.63) is 60.8 Å². The van der Waals surface area contributed by atoms with Crippen molar-refractivity contribution in [1.29, 1.82) is 0 Å². The Morgan fingerprint density at radius 3 is 1.81 bits per heavy atom. The molecule has 0 saturated carbocycles. The second-order valence-corrected chi connectivity index (χ2v) is 12.6. The van der Waals surface area contributed by atoms with Crippen LogP contribution in [0.2, 0.25) is 0 Å². The zero-order chi connectivity index (χ0) is 35.0. The van der Waals surface area contributed by atoms with E-state index < -0.39 is 37.0 Å². The molecule has 8 nitrogen and oxygen atoms in total. The van der Waals surface area contributed by atoms with Crippen LogP contribution in [0.15, 0.2) is 60.8 Å². The van der Waals surface area contributed by atoms with E-state index in [1.807, 2.05) is 19.1 Å². The lowest BCUT2D eigenvalue weighted by Crippen LogP contribution is -2.29. The number of rotatable bonds is 30. The average Bonchev–Trinajstić information content (AvgIpc) is 3.04. The van der Waals surface area contributed by atoms with E-state index in [0.717, 1.165) is 31.6 Å². The number of hydrogen-bond donors (Lipinski definition) is 4. The maximum atomic E-state index is 12.2. The lowest BCUT2D eigenvalue weighted by Gasteiger charge is -2.17. The maximum Gasteiger partial charge on any atom is 0.306 e. The van der Waals surface area contributed by atoms with Crippen LogP contribution in [0.3, 0.4) is 0 Å². The Morgan fingerprint density at radius 2 is 1.21 bits per heavy atom. The molecular weight excluding hydrogens is 596 g/mol. The molecule has 4 atom stereocenters. The lowest BCUT2D eigenvalue weighted by atomic mass is 10.0. The second-order valence-electron chi connectivity index (χ2n) is 12.6. The van der Waals surface area contributed by atoms with Gasteiger partial charge >= 0.3 is 11.9 Å². The molecule has 0 saturated heterocycles. The molecule has 0 radical (unpaired) electrons. The first-order valence-corrected chi connectivity index (χ1v) is 18.0. The largest absolute Gasteiger partial charge is 0.462 e. The summed E-state index contributed by atoms with van der Waals surface area (Å²) in [5.41, 5.74) is 0. The summed E-state index contributed by atoms with van der Waals surface area (Å²) in [5.74, 6) is -0.126. The third kappa shape index (κ3) is 30.6.